The summed E-state index contributed by atoms with van der Waals surface area (Å²) >= 11 is 0. The van der Waals surface area contributed by atoms with Crippen molar-refractivity contribution in [2.45, 2.75) is 12.8 Å². The monoisotopic (exact) mass is 221 g/mol. The van der Waals surface area contributed by atoms with Crippen molar-refractivity contribution in [1.82, 2.24) is 0 Å². The Morgan fingerprint density at radius 3 is 2.50 bits per heavy atom. The SMILES string of the molecule is O=C(O)c1ccc(NC(=O)C2CC2)cc1O. The molecule has 1 saturated carbocycles. The summed E-state index contributed by atoms with van der Waals surface area (Å²) in [6.45, 7) is 0. The van der Waals surface area contributed by atoms with Crippen molar-refractivity contribution < 1.29 is 19.8 Å². The summed E-state index contributed by atoms with van der Waals surface area (Å²) in [6.07, 6.45) is 1.79. The number of amides is 1. The second kappa shape index (κ2) is 3.84. The normalized spacial score (nSPS) is 14.5. The molecule has 3 N–H and O–H groups in total. The van der Waals surface area contributed by atoms with Crippen molar-refractivity contribution in [3.05, 3.63) is 23.8 Å². The van der Waals surface area contributed by atoms with Crippen molar-refractivity contribution in [3.8, 4) is 5.75 Å². The first-order chi connectivity index (χ1) is 7.58. The molecule has 1 aromatic carbocycles. The molecule has 0 radical (unpaired) electrons. The molecule has 1 aliphatic carbocycles. The maximum Gasteiger partial charge on any atom is 0.339 e. The van der Waals surface area contributed by atoms with Crippen LogP contribution in [0.3, 0.4) is 0 Å². The van der Waals surface area contributed by atoms with E-state index in [1.165, 1.54) is 18.2 Å². The molecule has 0 aromatic heterocycles. The Kier molecular flexibility index (Phi) is 2.52. The predicted octanol–water partition coefficient (Wildman–Crippen LogP) is 1.44. The van der Waals surface area contributed by atoms with Gasteiger partial charge >= 0.3 is 5.97 Å². The number of rotatable bonds is 3. The highest BCUT2D eigenvalue weighted by molar-refractivity contribution is 5.96. The van der Waals surface area contributed by atoms with Crippen LogP contribution in [0.15, 0.2) is 18.2 Å². The quantitative estimate of drug-likeness (QED) is 0.720. The van der Waals surface area contributed by atoms with Gasteiger partial charge in [-0.2, -0.15) is 0 Å². The molecule has 0 heterocycles. The summed E-state index contributed by atoms with van der Waals surface area (Å²) in [4.78, 5) is 22.0. The second-order valence-corrected chi connectivity index (χ2v) is 3.80. The molecule has 1 amide bonds. The second-order valence-electron chi connectivity index (χ2n) is 3.80. The number of hydrogen-bond acceptors (Lipinski definition) is 3. The number of carboxylic acids is 1. The van der Waals surface area contributed by atoms with E-state index in [-0.39, 0.29) is 23.1 Å². The van der Waals surface area contributed by atoms with E-state index in [4.69, 9.17) is 5.11 Å². The number of hydrogen-bond donors (Lipinski definition) is 3. The lowest BCUT2D eigenvalue weighted by Crippen LogP contribution is -2.13. The number of benzene rings is 1. The number of aromatic hydroxyl groups is 1. The van der Waals surface area contributed by atoms with Crippen LogP contribution >= 0.6 is 0 Å². The molecule has 16 heavy (non-hydrogen) atoms. The van der Waals surface area contributed by atoms with E-state index in [1.54, 1.807) is 0 Å². The van der Waals surface area contributed by atoms with E-state index in [9.17, 15) is 14.7 Å². The summed E-state index contributed by atoms with van der Waals surface area (Å²) in [5.41, 5.74) is 0.240. The van der Waals surface area contributed by atoms with Crippen LogP contribution in [-0.2, 0) is 4.79 Å². The lowest BCUT2D eigenvalue weighted by molar-refractivity contribution is -0.117. The highest BCUT2D eigenvalue weighted by Crippen LogP contribution is 2.31. The summed E-state index contributed by atoms with van der Waals surface area (Å²) in [7, 11) is 0. The van der Waals surface area contributed by atoms with Gasteiger partial charge in [-0.3, -0.25) is 4.79 Å². The molecule has 1 aliphatic rings. The van der Waals surface area contributed by atoms with Gasteiger partial charge in [-0.05, 0) is 25.0 Å². The Hall–Kier alpha value is -2.04. The fraction of sp³-hybridized carbons (Fsp3) is 0.273. The first kappa shape index (κ1) is 10.5. The molecular weight excluding hydrogens is 210 g/mol. The Morgan fingerprint density at radius 2 is 2.00 bits per heavy atom. The fourth-order valence-electron chi connectivity index (χ4n) is 1.38. The van der Waals surface area contributed by atoms with Crippen LogP contribution in [0.25, 0.3) is 0 Å². The van der Waals surface area contributed by atoms with Gasteiger partial charge in [0.05, 0.1) is 0 Å². The largest absolute Gasteiger partial charge is 0.507 e. The molecule has 0 spiro atoms. The van der Waals surface area contributed by atoms with Gasteiger partial charge < -0.3 is 15.5 Å². The summed E-state index contributed by atoms with van der Waals surface area (Å²) in [6, 6.07) is 3.97. The van der Waals surface area contributed by atoms with Gasteiger partial charge in [0, 0.05) is 17.7 Å². The molecule has 5 heteroatoms. The average Bonchev–Trinajstić information content (AvgIpc) is 2.99. The molecule has 84 valence electrons. The minimum Gasteiger partial charge on any atom is -0.507 e. The first-order valence-corrected chi connectivity index (χ1v) is 4.95. The van der Waals surface area contributed by atoms with Crippen LogP contribution in [0.1, 0.15) is 23.2 Å². The lowest BCUT2D eigenvalue weighted by atomic mass is 10.2. The smallest absolute Gasteiger partial charge is 0.339 e. The number of aromatic carboxylic acids is 1. The van der Waals surface area contributed by atoms with E-state index < -0.39 is 5.97 Å². The minimum absolute atomic E-state index is 0.0706. The molecular formula is C11H11NO4. The van der Waals surface area contributed by atoms with Crippen LogP contribution in [0.5, 0.6) is 5.75 Å². The van der Waals surface area contributed by atoms with Crippen molar-refractivity contribution in [2.75, 3.05) is 5.32 Å². The molecule has 2 rings (SSSR count). The van der Waals surface area contributed by atoms with E-state index >= 15 is 0 Å². The predicted molar refractivity (Wildman–Crippen MR) is 56.4 cm³/mol. The Balaban J connectivity index is 2.14. The van der Waals surface area contributed by atoms with E-state index in [0.29, 0.717) is 5.69 Å². The van der Waals surface area contributed by atoms with Crippen LogP contribution in [0.4, 0.5) is 5.69 Å². The minimum atomic E-state index is -1.20. The van der Waals surface area contributed by atoms with E-state index in [0.717, 1.165) is 12.8 Å². The maximum absolute atomic E-state index is 11.4. The van der Waals surface area contributed by atoms with Crippen molar-refractivity contribution in [1.29, 1.82) is 0 Å². The maximum atomic E-state index is 11.4. The van der Waals surface area contributed by atoms with Crippen LogP contribution in [-0.4, -0.2) is 22.1 Å². The number of carboxylic acid groups (broad SMARTS) is 1. The molecule has 0 atom stereocenters. The lowest BCUT2D eigenvalue weighted by Gasteiger charge is -2.06. The van der Waals surface area contributed by atoms with Gasteiger partial charge in [-0.1, -0.05) is 0 Å². The summed E-state index contributed by atoms with van der Waals surface area (Å²) in [5.74, 6) is -1.55. The van der Waals surface area contributed by atoms with Crippen LogP contribution in [0.2, 0.25) is 0 Å². The number of carbonyl (C=O) groups is 2. The van der Waals surface area contributed by atoms with Crippen LogP contribution in [0, 0.1) is 5.92 Å². The zero-order valence-corrected chi connectivity index (χ0v) is 8.43. The van der Waals surface area contributed by atoms with E-state index in [2.05, 4.69) is 5.32 Å². The number of phenols is 1. The van der Waals surface area contributed by atoms with Crippen molar-refractivity contribution >= 4 is 17.6 Å². The number of carbonyl (C=O) groups excluding carboxylic acids is 1. The topological polar surface area (TPSA) is 86.6 Å². The third-order valence-corrected chi connectivity index (χ3v) is 2.44. The Morgan fingerprint density at radius 1 is 1.31 bits per heavy atom. The molecule has 1 aromatic rings. The standard InChI is InChI=1S/C11H11NO4/c13-9-5-7(3-4-8(9)11(15)16)12-10(14)6-1-2-6/h3-6,13H,1-2H2,(H,12,14)(H,15,16). The van der Waals surface area contributed by atoms with Gasteiger partial charge in [0.25, 0.3) is 0 Å². The van der Waals surface area contributed by atoms with Gasteiger partial charge in [0.15, 0.2) is 0 Å². The van der Waals surface area contributed by atoms with Gasteiger partial charge in [-0.15, -0.1) is 0 Å². The number of anilines is 1. The highest BCUT2D eigenvalue weighted by Gasteiger charge is 2.29. The molecule has 1 fully saturated rings. The Bertz CT molecular complexity index is 451. The zero-order valence-electron chi connectivity index (χ0n) is 8.43. The van der Waals surface area contributed by atoms with Gasteiger partial charge in [-0.25, -0.2) is 4.79 Å². The number of nitrogens with one attached hydrogen (secondary N) is 1. The molecule has 5 nitrogen and oxygen atoms in total. The average molecular weight is 221 g/mol. The van der Waals surface area contributed by atoms with Crippen molar-refractivity contribution in [2.24, 2.45) is 5.92 Å². The van der Waals surface area contributed by atoms with Gasteiger partial charge in [0.1, 0.15) is 11.3 Å². The van der Waals surface area contributed by atoms with E-state index in [1.807, 2.05) is 0 Å². The van der Waals surface area contributed by atoms with Crippen molar-refractivity contribution in [3.63, 3.8) is 0 Å². The summed E-state index contributed by atoms with van der Waals surface area (Å²) in [5, 5.41) is 20.7. The molecule has 0 bridgehead atoms. The van der Waals surface area contributed by atoms with Gasteiger partial charge in [0.2, 0.25) is 5.91 Å². The highest BCUT2D eigenvalue weighted by atomic mass is 16.4. The molecule has 0 aliphatic heterocycles. The third kappa shape index (κ3) is 2.13. The first-order valence-electron chi connectivity index (χ1n) is 4.95. The third-order valence-electron chi connectivity index (χ3n) is 2.44. The zero-order chi connectivity index (χ0) is 11.7. The van der Waals surface area contributed by atoms with Crippen LogP contribution < -0.4 is 5.32 Å². The fourth-order valence-corrected chi connectivity index (χ4v) is 1.38. The molecule has 0 unspecified atom stereocenters. The Labute approximate surface area is 91.7 Å². The summed E-state index contributed by atoms with van der Waals surface area (Å²) < 4.78 is 0. The molecule has 0 saturated heterocycles.